The molecule has 0 radical (unpaired) electrons. The quantitative estimate of drug-likeness (QED) is 0.655. The van der Waals surface area contributed by atoms with Crippen molar-refractivity contribution in [1.82, 2.24) is 4.90 Å². The van der Waals surface area contributed by atoms with Crippen LogP contribution in [-0.4, -0.2) is 48.3 Å². The zero-order valence-corrected chi connectivity index (χ0v) is 12.4. The predicted molar refractivity (Wildman–Crippen MR) is 76.0 cm³/mol. The van der Waals surface area contributed by atoms with Crippen LogP contribution in [0.4, 0.5) is 0 Å². The maximum Gasteiger partial charge on any atom is 0.222 e. The van der Waals surface area contributed by atoms with Gasteiger partial charge in [-0.1, -0.05) is 39.0 Å². The maximum atomic E-state index is 12.1. The summed E-state index contributed by atoms with van der Waals surface area (Å²) >= 11 is 0. The number of aliphatic hydroxyl groups excluding tert-OH is 1. The van der Waals surface area contributed by atoms with Gasteiger partial charge in [0.15, 0.2) is 0 Å². The van der Waals surface area contributed by atoms with Gasteiger partial charge in [0.05, 0.1) is 18.8 Å². The molecule has 0 aliphatic carbocycles. The molecule has 1 saturated heterocycles. The number of likely N-dealkylation sites (tertiary alicyclic amines) is 1. The molecule has 1 heterocycles. The highest BCUT2D eigenvalue weighted by Gasteiger charge is 2.33. The van der Waals surface area contributed by atoms with Crippen molar-refractivity contribution in [2.24, 2.45) is 0 Å². The van der Waals surface area contributed by atoms with Gasteiger partial charge in [-0.3, -0.25) is 4.79 Å². The Kier molecular flexibility index (Phi) is 8.07. The number of aliphatic hydroxyl groups is 1. The van der Waals surface area contributed by atoms with Crippen LogP contribution in [0.25, 0.3) is 0 Å². The first-order valence-electron chi connectivity index (χ1n) is 7.65. The van der Waals surface area contributed by atoms with Gasteiger partial charge in [-0.05, 0) is 12.8 Å². The third kappa shape index (κ3) is 5.91. The third-order valence-corrected chi connectivity index (χ3v) is 3.82. The molecule has 1 fully saturated rings. The highest BCUT2D eigenvalue weighted by atomic mass is 16.5. The van der Waals surface area contributed by atoms with E-state index in [2.05, 4.69) is 6.92 Å². The molecular formula is C15H29NO3. The number of ether oxygens (including phenoxy) is 1. The lowest BCUT2D eigenvalue weighted by Crippen LogP contribution is -2.38. The van der Waals surface area contributed by atoms with Crippen LogP contribution in [0, 0.1) is 0 Å². The van der Waals surface area contributed by atoms with Crippen LogP contribution in [0.3, 0.4) is 0 Å². The maximum absolute atomic E-state index is 12.1. The van der Waals surface area contributed by atoms with Gasteiger partial charge < -0.3 is 14.7 Å². The molecule has 1 amide bonds. The molecule has 1 aliphatic rings. The molecule has 1 N–H and O–H groups in total. The highest BCUT2D eigenvalue weighted by Crippen LogP contribution is 2.20. The fourth-order valence-corrected chi connectivity index (χ4v) is 2.75. The van der Waals surface area contributed by atoms with Crippen molar-refractivity contribution in [2.75, 3.05) is 20.3 Å². The second kappa shape index (κ2) is 9.32. The van der Waals surface area contributed by atoms with Gasteiger partial charge in [0.1, 0.15) is 0 Å². The normalized spacial score (nSPS) is 23.0. The van der Waals surface area contributed by atoms with E-state index in [0.29, 0.717) is 26.0 Å². The van der Waals surface area contributed by atoms with E-state index in [0.717, 1.165) is 12.8 Å². The molecule has 0 aromatic carbocycles. The number of rotatable bonds is 9. The molecule has 1 rings (SSSR count). The monoisotopic (exact) mass is 271 g/mol. The van der Waals surface area contributed by atoms with Crippen molar-refractivity contribution in [2.45, 2.75) is 70.4 Å². The van der Waals surface area contributed by atoms with E-state index in [9.17, 15) is 9.90 Å². The molecule has 2 atom stereocenters. The number of carbonyl (C=O) groups excluding carboxylic acids is 1. The van der Waals surface area contributed by atoms with Crippen LogP contribution in [-0.2, 0) is 9.53 Å². The van der Waals surface area contributed by atoms with E-state index in [4.69, 9.17) is 4.74 Å². The molecule has 0 saturated carbocycles. The largest absolute Gasteiger partial charge is 0.391 e. The van der Waals surface area contributed by atoms with Crippen molar-refractivity contribution in [3.8, 4) is 0 Å². The smallest absolute Gasteiger partial charge is 0.222 e. The second-order valence-corrected chi connectivity index (χ2v) is 5.56. The summed E-state index contributed by atoms with van der Waals surface area (Å²) in [5.74, 6) is 0.175. The van der Waals surface area contributed by atoms with Gasteiger partial charge in [0.2, 0.25) is 5.91 Å². The van der Waals surface area contributed by atoms with Gasteiger partial charge >= 0.3 is 0 Å². The number of unbranched alkanes of at least 4 members (excludes halogenated alkanes) is 5. The molecule has 0 aromatic rings. The Bertz CT molecular complexity index is 258. The number of amides is 1. The van der Waals surface area contributed by atoms with E-state index in [1.165, 1.54) is 25.7 Å². The molecule has 19 heavy (non-hydrogen) atoms. The van der Waals surface area contributed by atoms with Crippen LogP contribution in [0.15, 0.2) is 0 Å². The zero-order valence-electron chi connectivity index (χ0n) is 12.4. The van der Waals surface area contributed by atoms with Gasteiger partial charge in [-0.2, -0.15) is 0 Å². The molecule has 4 heteroatoms. The van der Waals surface area contributed by atoms with Crippen LogP contribution >= 0.6 is 0 Å². The molecule has 1 aliphatic heterocycles. The number of carbonyl (C=O) groups is 1. The number of methoxy groups -OCH3 is 1. The van der Waals surface area contributed by atoms with Crippen LogP contribution < -0.4 is 0 Å². The Morgan fingerprint density at radius 2 is 1.95 bits per heavy atom. The predicted octanol–water partition coefficient (Wildman–Crippen LogP) is 2.35. The average molecular weight is 271 g/mol. The van der Waals surface area contributed by atoms with E-state index in [1.807, 2.05) is 0 Å². The van der Waals surface area contributed by atoms with Crippen LogP contribution in [0.2, 0.25) is 0 Å². The number of nitrogens with zero attached hydrogens (tertiary/aromatic N) is 1. The van der Waals surface area contributed by atoms with E-state index in [-0.39, 0.29) is 18.1 Å². The first-order chi connectivity index (χ1) is 9.19. The Balaban J connectivity index is 2.20. The Hall–Kier alpha value is -0.610. The molecule has 0 unspecified atom stereocenters. The van der Waals surface area contributed by atoms with Gasteiger partial charge in [0.25, 0.3) is 0 Å². The fraction of sp³-hybridized carbons (Fsp3) is 0.933. The minimum Gasteiger partial charge on any atom is -0.391 e. The van der Waals surface area contributed by atoms with E-state index in [1.54, 1.807) is 12.0 Å². The lowest BCUT2D eigenvalue weighted by atomic mass is 10.1. The first kappa shape index (κ1) is 16.4. The average Bonchev–Trinajstić information content (AvgIpc) is 2.75. The summed E-state index contributed by atoms with van der Waals surface area (Å²) in [5.41, 5.74) is 0. The third-order valence-electron chi connectivity index (χ3n) is 3.82. The first-order valence-corrected chi connectivity index (χ1v) is 7.65. The van der Waals surface area contributed by atoms with Gasteiger partial charge in [-0.15, -0.1) is 0 Å². The minimum absolute atomic E-state index is 0.0626. The SMILES string of the molecule is CCCCCCCCC(=O)N1C[C@H](O)C[C@H]1COC. The van der Waals surface area contributed by atoms with Crippen molar-refractivity contribution in [3.05, 3.63) is 0 Å². The summed E-state index contributed by atoms with van der Waals surface area (Å²) in [7, 11) is 1.64. The number of hydrogen-bond donors (Lipinski definition) is 1. The van der Waals surface area contributed by atoms with Crippen LogP contribution in [0.1, 0.15) is 58.3 Å². The van der Waals surface area contributed by atoms with Crippen molar-refractivity contribution in [1.29, 1.82) is 0 Å². The molecule has 0 spiro atoms. The lowest BCUT2D eigenvalue weighted by molar-refractivity contribution is -0.133. The summed E-state index contributed by atoms with van der Waals surface area (Å²) in [6.07, 6.45) is 8.03. The van der Waals surface area contributed by atoms with Gasteiger partial charge in [0, 0.05) is 20.1 Å². The Labute approximate surface area is 117 Å². The minimum atomic E-state index is -0.381. The van der Waals surface area contributed by atoms with E-state index >= 15 is 0 Å². The Morgan fingerprint density at radius 3 is 2.63 bits per heavy atom. The summed E-state index contributed by atoms with van der Waals surface area (Å²) in [5, 5.41) is 9.66. The number of hydrogen-bond acceptors (Lipinski definition) is 3. The molecular weight excluding hydrogens is 242 g/mol. The standard InChI is InChI=1S/C15H29NO3/c1-3-4-5-6-7-8-9-15(18)16-11-14(17)10-13(16)12-19-2/h13-14,17H,3-12H2,1-2H3/t13-,14+/m0/s1. The molecule has 4 nitrogen and oxygen atoms in total. The van der Waals surface area contributed by atoms with Crippen molar-refractivity contribution in [3.63, 3.8) is 0 Å². The summed E-state index contributed by atoms with van der Waals surface area (Å²) in [4.78, 5) is 13.9. The van der Waals surface area contributed by atoms with E-state index < -0.39 is 0 Å². The van der Waals surface area contributed by atoms with Crippen LogP contribution in [0.5, 0.6) is 0 Å². The molecule has 0 bridgehead atoms. The summed E-state index contributed by atoms with van der Waals surface area (Å²) in [6, 6.07) is 0.0626. The lowest BCUT2D eigenvalue weighted by Gasteiger charge is -2.23. The Morgan fingerprint density at radius 1 is 1.26 bits per heavy atom. The molecule has 112 valence electrons. The van der Waals surface area contributed by atoms with Crippen molar-refractivity contribution >= 4 is 5.91 Å². The molecule has 0 aromatic heterocycles. The highest BCUT2D eigenvalue weighted by molar-refractivity contribution is 5.76. The topological polar surface area (TPSA) is 49.8 Å². The number of β-amino-alcohol motifs (C(OH)–C–C–N with tert-alkyl or cyclic N) is 1. The second-order valence-electron chi connectivity index (χ2n) is 5.56. The fourth-order valence-electron chi connectivity index (χ4n) is 2.75. The summed E-state index contributed by atoms with van der Waals surface area (Å²) in [6.45, 7) is 3.21. The van der Waals surface area contributed by atoms with Gasteiger partial charge in [-0.25, -0.2) is 0 Å². The zero-order chi connectivity index (χ0) is 14.1. The summed E-state index contributed by atoms with van der Waals surface area (Å²) < 4.78 is 5.12. The van der Waals surface area contributed by atoms with Crippen molar-refractivity contribution < 1.29 is 14.6 Å².